The maximum absolute atomic E-state index is 5.75. The molecule has 0 aliphatic heterocycles. The van der Waals surface area contributed by atoms with E-state index in [1.807, 2.05) is 6.20 Å². The third-order valence-electron chi connectivity index (χ3n) is 3.66. The van der Waals surface area contributed by atoms with E-state index in [-0.39, 0.29) is 5.41 Å². The Morgan fingerprint density at radius 2 is 2.06 bits per heavy atom. The first-order valence-electron chi connectivity index (χ1n) is 6.36. The van der Waals surface area contributed by atoms with E-state index in [1.54, 1.807) is 0 Å². The summed E-state index contributed by atoms with van der Waals surface area (Å²) in [5, 5.41) is 3.39. The molecule has 3 heteroatoms. The van der Waals surface area contributed by atoms with Crippen molar-refractivity contribution in [1.29, 1.82) is 0 Å². The Labute approximate surface area is 104 Å². The van der Waals surface area contributed by atoms with Gasteiger partial charge in [-0.05, 0) is 41.8 Å². The number of rotatable bonds is 4. The van der Waals surface area contributed by atoms with Crippen LogP contribution in [0.3, 0.4) is 0 Å². The van der Waals surface area contributed by atoms with Crippen LogP contribution in [-0.4, -0.2) is 18.1 Å². The highest BCUT2D eigenvalue weighted by molar-refractivity contribution is 5.37. The van der Waals surface area contributed by atoms with E-state index in [0.29, 0.717) is 5.41 Å². The summed E-state index contributed by atoms with van der Waals surface area (Å²) in [5.74, 6) is 0.956. The zero-order valence-corrected chi connectivity index (χ0v) is 11.1. The largest absolute Gasteiger partial charge is 0.369 e. The maximum Gasteiger partial charge on any atom is 0.125 e. The quantitative estimate of drug-likeness (QED) is 0.840. The molecule has 1 aliphatic rings. The first kappa shape index (κ1) is 12.4. The van der Waals surface area contributed by atoms with E-state index in [2.05, 4.69) is 43.2 Å². The minimum atomic E-state index is 0.167. The summed E-state index contributed by atoms with van der Waals surface area (Å²) in [6, 6.07) is 4.21. The zero-order valence-electron chi connectivity index (χ0n) is 11.1. The van der Waals surface area contributed by atoms with Crippen LogP contribution < -0.4 is 11.1 Å². The molecule has 1 heterocycles. The average molecular weight is 233 g/mol. The summed E-state index contributed by atoms with van der Waals surface area (Å²) in [4.78, 5) is 4.46. The van der Waals surface area contributed by atoms with Gasteiger partial charge in [0.2, 0.25) is 0 Å². The first-order valence-corrected chi connectivity index (χ1v) is 6.36. The highest BCUT2D eigenvalue weighted by Crippen LogP contribution is 2.44. The van der Waals surface area contributed by atoms with Gasteiger partial charge in [-0.3, -0.25) is 0 Å². The maximum atomic E-state index is 5.75. The number of nitrogens with one attached hydrogen (secondary N) is 1. The van der Waals surface area contributed by atoms with Gasteiger partial charge in [-0.1, -0.05) is 26.8 Å². The number of nitrogens with two attached hydrogens (primary N) is 1. The summed E-state index contributed by atoms with van der Waals surface area (Å²) in [7, 11) is 0. The molecule has 0 saturated heterocycles. The third-order valence-corrected chi connectivity index (χ3v) is 3.66. The standard InChI is InChI=1S/C14H23N3/c1-13(2,3)11-4-5-12(16-8-11)17-10-14(9-15)6-7-14/h4-5,8H,6-7,9-10,15H2,1-3H3,(H,16,17). The molecule has 2 rings (SSSR count). The second-order valence-electron chi connectivity index (χ2n) is 6.24. The summed E-state index contributed by atoms with van der Waals surface area (Å²) in [5.41, 5.74) is 7.54. The van der Waals surface area contributed by atoms with E-state index >= 15 is 0 Å². The molecule has 3 N–H and O–H groups in total. The summed E-state index contributed by atoms with van der Waals surface area (Å²) in [6.45, 7) is 8.33. The zero-order chi connectivity index (χ0) is 12.5. The van der Waals surface area contributed by atoms with Crippen LogP contribution in [0.25, 0.3) is 0 Å². The minimum Gasteiger partial charge on any atom is -0.369 e. The molecule has 0 bridgehead atoms. The van der Waals surface area contributed by atoms with Gasteiger partial charge >= 0.3 is 0 Å². The molecule has 94 valence electrons. The Bertz CT molecular complexity index is 371. The molecule has 17 heavy (non-hydrogen) atoms. The lowest BCUT2D eigenvalue weighted by molar-refractivity contribution is 0.554. The molecule has 0 radical (unpaired) electrons. The highest BCUT2D eigenvalue weighted by Gasteiger charge is 2.40. The molecule has 1 aromatic rings. The SMILES string of the molecule is CC(C)(C)c1ccc(NCC2(CN)CC2)nc1. The lowest BCUT2D eigenvalue weighted by Crippen LogP contribution is -2.24. The van der Waals surface area contributed by atoms with Gasteiger partial charge in [-0.15, -0.1) is 0 Å². The lowest BCUT2D eigenvalue weighted by atomic mass is 9.88. The fraction of sp³-hybridized carbons (Fsp3) is 0.643. The number of hydrogen-bond donors (Lipinski definition) is 2. The molecule has 1 aliphatic carbocycles. The van der Waals surface area contributed by atoms with Crippen LogP contribution in [-0.2, 0) is 5.41 Å². The van der Waals surface area contributed by atoms with Gasteiger partial charge < -0.3 is 11.1 Å². The Kier molecular flexibility index (Phi) is 3.13. The molecule has 1 aromatic heterocycles. The van der Waals surface area contributed by atoms with Gasteiger partial charge in [-0.25, -0.2) is 4.98 Å². The number of nitrogens with zero attached hydrogens (tertiary/aromatic N) is 1. The highest BCUT2D eigenvalue weighted by atomic mass is 15.0. The van der Waals surface area contributed by atoms with Gasteiger partial charge in [0, 0.05) is 12.7 Å². The fourth-order valence-corrected chi connectivity index (χ4v) is 1.85. The van der Waals surface area contributed by atoms with Crippen molar-refractivity contribution in [3.63, 3.8) is 0 Å². The molecule has 0 aromatic carbocycles. The van der Waals surface area contributed by atoms with Crippen LogP contribution in [0.4, 0.5) is 5.82 Å². The van der Waals surface area contributed by atoms with E-state index in [1.165, 1.54) is 18.4 Å². The van der Waals surface area contributed by atoms with Crippen molar-refractivity contribution in [1.82, 2.24) is 4.98 Å². The van der Waals surface area contributed by atoms with E-state index < -0.39 is 0 Å². The molecular weight excluding hydrogens is 210 g/mol. The van der Waals surface area contributed by atoms with Crippen molar-refractivity contribution in [2.24, 2.45) is 11.1 Å². The van der Waals surface area contributed by atoms with E-state index in [4.69, 9.17) is 5.73 Å². The number of anilines is 1. The number of aromatic nitrogens is 1. The second kappa shape index (κ2) is 4.30. The van der Waals surface area contributed by atoms with Crippen LogP contribution in [0.5, 0.6) is 0 Å². The second-order valence-corrected chi connectivity index (χ2v) is 6.24. The molecule has 1 saturated carbocycles. The van der Waals surface area contributed by atoms with Gasteiger partial charge in [0.15, 0.2) is 0 Å². The lowest BCUT2D eigenvalue weighted by Gasteiger charge is -2.19. The van der Waals surface area contributed by atoms with Gasteiger partial charge in [0.1, 0.15) is 5.82 Å². The minimum absolute atomic E-state index is 0.167. The molecule has 3 nitrogen and oxygen atoms in total. The van der Waals surface area contributed by atoms with Crippen LogP contribution in [0.15, 0.2) is 18.3 Å². The average Bonchev–Trinajstić information content (AvgIpc) is 3.06. The Balaban J connectivity index is 1.94. The third kappa shape index (κ3) is 2.97. The first-order chi connectivity index (χ1) is 7.95. The van der Waals surface area contributed by atoms with Gasteiger partial charge in [-0.2, -0.15) is 0 Å². The number of hydrogen-bond acceptors (Lipinski definition) is 3. The van der Waals surface area contributed by atoms with Crippen molar-refractivity contribution in [2.45, 2.75) is 39.0 Å². The van der Waals surface area contributed by atoms with Gasteiger partial charge in [0.05, 0.1) is 0 Å². The topological polar surface area (TPSA) is 50.9 Å². The van der Waals surface area contributed by atoms with Crippen molar-refractivity contribution in [3.8, 4) is 0 Å². The van der Waals surface area contributed by atoms with Crippen molar-refractivity contribution < 1.29 is 0 Å². The van der Waals surface area contributed by atoms with Gasteiger partial charge in [0.25, 0.3) is 0 Å². The summed E-state index contributed by atoms with van der Waals surface area (Å²) in [6.07, 6.45) is 4.46. The Morgan fingerprint density at radius 1 is 1.35 bits per heavy atom. The van der Waals surface area contributed by atoms with E-state index in [9.17, 15) is 0 Å². The molecule has 0 atom stereocenters. The smallest absolute Gasteiger partial charge is 0.125 e. The monoisotopic (exact) mass is 233 g/mol. The Hall–Kier alpha value is -1.09. The van der Waals surface area contributed by atoms with Crippen molar-refractivity contribution >= 4 is 5.82 Å². The predicted molar refractivity (Wildman–Crippen MR) is 72.1 cm³/mol. The fourth-order valence-electron chi connectivity index (χ4n) is 1.85. The molecule has 1 fully saturated rings. The van der Waals surface area contributed by atoms with E-state index in [0.717, 1.165) is 18.9 Å². The summed E-state index contributed by atoms with van der Waals surface area (Å²) >= 11 is 0. The predicted octanol–water partition coefficient (Wildman–Crippen LogP) is 2.53. The molecular formula is C14H23N3. The van der Waals surface area contributed by atoms with Crippen LogP contribution in [0, 0.1) is 5.41 Å². The molecule has 0 amide bonds. The van der Waals surface area contributed by atoms with Crippen LogP contribution >= 0.6 is 0 Å². The summed E-state index contributed by atoms with van der Waals surface area (Å²) < 4.78 is 0. The van der Waals surface area contributed by atoms with Crippen LogP contribution in [0.2, 0.25) is 0 Å². The molecule has 0 spiro atoms. The van der Waals surface area contributed by atoms with Crippen molar-refractivity contribution in [2.75, 3.05) is 18.4 Å². The van der Waals surface area contributed by atoms with Crippen LogP contribution in [0.1, 0.15) is 39.2 Å². The molecule has 0 unspecified atom stereocenters. The Morgan fingerprint density at radius 3 is 2.47 bits per heavy atom. The van der Waals surface area contributed by atoms with Crippen molar-refractivity contribution in [3.05, 3.63) is 23.9 Å². The normalized spacial score (nSPS) is 17.9. The number of pyridine rings is 1.